The lowest BCUT2D eigenvalue weighted by Gasteiger charge is -2.50. The van der Waals surface area contributed by atoms with Crippen molar-refractivity contribution >= 4 is 60.8 Å². The van der Waals surface area contributed by atoms with E-state index in [9.17, 15) is 0 Å². The fourth-order valence-electron chi connectivity index (χ4n) is 14.1. The highest BCUT2D eigenvalue weighted by Gasteiger charge is 2.72. The molecule has 10 heterocycles. The lowest BCUT2D eigenvalue weighted by Crippen LogP contribution is -2.77. The monoisotopic (exact) mass is 747 g/mol. The van der Waals surface area contributed by atoms with E-state index in [2.05, 4.69) is 160 Å². The summed E-state index contributed by atoms with van der Waals surface area (Å²) < 4.78 is 11.1. The first-order chi connectivity index (χ1) is 28.3. The van der Waals surface area contributed by atoms with E-state index < -0.39 is 5.66 Å². The fraction of sp³-hybridized carbons (Fsp3) is 0.245. The van der Waals surface area contributed by atoms with Crippen LogP contribution in [0.5, 0.6) is 0 Å². The van der Waals surface area contributed by atoms with E-state index >= 15 is 0 Å². The first kappa shape index (κ1) is 30.0. The Labute approximate surface area is 336 Å². The molecule has 1 unspecified atom stereocenters. The van der Waals surface area contributed by atoms with Crippen LogP contribution in [0.25, 0.3) is 66.5 Å². The van der Waals surface area contributed by atoms with E-state index in [0.29, 0.717) is 5.92 Å². The molecule has 276 valence electrons. The van der Waals surface area contributed by atoms with E-state index in [1.54, 1.807) is 0 Å². The minimum absolute atomic E-state index is 0.206. The number of pyridine rings is 2. The second kappa shape index (κ2) is 8.93. The van der Waals surface area contributed by atoms with Crippen molar-refractivity contribution in [2.75, 3.05) is 4.90 Å². The van der Waals surface area contributed by atoms with Gasteiger partial charge in [-0.1, -0.05) is 102 Å². The van der Waals surface area contributed by atoms with Gasteiger partial charge >= 0.3 is 5.66 Å². The summed E-state index contributed by atoms with van der Waals surface area (Å²) in [5.41, 5.74) is 21.0. The minimum atomic E-state index is -0.643. The molecule has 5 nitrogen and oxygen atoms in total. The molecule has 0 N–H and O–H groups in total. The zero-order valence-electron chi connectivity index (χ0n) is 33.2. The molecule has 4 aromatic heterocycles. The quantitative estimate of drug-likeness (QED) is 0.153. The summed E-state index contributed by atoms with van der Waals surface area (Å²) in [4.78, 5) is 2.76. The predicted octanol–water partition coefficient (Wildman–Crippen LogP) is 11.5. The van der Waals surface area contributed by atoms with Gasteiger partial charge in [0.05, 0.1) is 22.3 Å². The van der Waals surface area contributed by atoms with Crippen molar-refractivity contribution in [2.24, 2.45) is 0 Å². The molecule has 1 spiro atoms. The Morgan fingerprint density at radius 3 is 1.95 bits per heavy atom. The topological polar surface area (TPSA) is 20.9 Å². The number of fused-ring (bicyclic) bond motifs is 9. The first-order valence-corrected chi connectivity index (χ1v) is 21.7. The smallest absolute Gasteiger partial charge is 0.308 e. The summed E-state index contributed by atoms with van der Waals surface area (Å²) >= 11 is 0. The van der Waals surface area contributed by atoms with Crippen LogP contribution in [-0.2, 0) is 16.5 Å². The van der Waals surface area contributed by atoms with Crippen molar-refractivity contribution in [1.29, 1.82) is 0 Å². The Bertz CT molecular complexity index is 3550. The molecule has 5 heteroatoms. The number of anilines is 3. The number of rotatable bonds is 1. The predicted molar refractivity (Wildman–Crippen MR) is 231 cm³/mol. The number of aromatic nitrogens is 4. The van der Waals surface area contributed by atoms with E-state index in [1.807, 2.05) is 0 Å². The van der Waals surface area contributed by atoms with Gasteiger partial charge in [-0.15, -0.1) is 0 Å². The molecule has 0 radical (unpaired) electrons. The average Bonchev–Trinajstić information content (AvgIpc) is 3.87. The van der Waals surface area contributed by atoms with Crippen LogP contribution in [-0.4, -0.2) is 9.13 Å². The maximum absolute atomic E-state index is 2.87. The Morgan fingerprint density at radius 1 is 0.534 bits per heavy atom. The summed E-state index contributed by atoms with van der Waals surface area (Å²) in [5, 5.41) is 5.36. The second-order valence-electron chi connectivity index (χ2n) is 19.6. The van der Waals surface area contributed by atoms with E-state index in [0.717, 1.165) is 0 Å². The normalized spacial score (nSPS) is 21.0. The molecule has 1 fully saturated rings. The summed E-state index contributed by atoms with van der Waals surface area (Å²) in [6.45, 7) is 9.91. The molecule has 1 atom stereocenters. The van der Waals surface area contributed by atoms with Gasteiger partial charge in [0.15, 0.2) is 22.6 Å². The summed E-state index contributed by atoms with van der Waals surface area (Å²) in [7, 11) is 0. The largest absolute Gasteiger partial charge is 0.319 e. The molecule has 58 heavy (non-hydrogen) atoms. The van der Waals surface area contributed by atoms with Crippen LogP contribution >= 0.6 is 0 Å². The molecule has 9 aromatic rings. The minimum Gasteiger partial charge on any atom is -0.308 e. The van der Waals surface area contributed by atoms with Gasteiger partial charge in [0.1, 0.15) is 22.3 Å². The van der Waals surface area contributed by atoms with Gasteiger partial charge in [0.25, 0.3) is 11.6 Å². The van der Waals surface area contributed by atoms with Crippen molar-refractivity contribution in [2.45, 2.75) is 82.2 Å². The molecule has 0 bridgehead atoms. The average molecular weight is 748 g/mol. The van der Waals surface area contributed by atoms with Gasteiger partial charge in [0.2, 0.25) is 0 Å². The third-order valence-corrected chi connectivity index (χ3v) is 16.5. The van der Waals surface area contributed by atoms with Gasteiger partial charge in [-0.2, -0.15) is 18.6 Å². The standard InChI is InChI=1S/C53H41N5/c1-51(2)34-17-12-18-35-48(34)56-49-36(51)21-24-41-44(49)53-45-46-32(30-15-8-10-19-38(30)54(41)46)27-33-31-16-9-11-20-39(31)55(47(33)45)43-26-29(28-13-6-5-7-14-28)25-42(57(43)53)40-23-22-37(52(35,3)4)50(56)58(40)53/h8-12,15-28H,5-7,13-14H2,1-4H3/q+2. The lowest BCUT2D eigenvalue weighted by molar-refractivity contribution is -0.931. The SMILES string of the molecule is CC1(C)c2cccc3c2N2c4c1ccc1c4C45c6c7c(cc8c9ccccc9n(c68)-c6cc(C8CCCCC8)cc([n+]64)-c4ccc(c2[n+]45)C3(C)C)c2ccccc2n7-1. The third-order valence-electron chi connectivity index (χ3n) is 16.5. The molecular weight excluding hydrogens is 707 g/mol. The van der Waals surface area contributed by atoms with Gasteiger partial charge in [0, 0.05) is 55.1 Å². The number of nitrogens with zero attached hydrogens (tertiary/aromatic N) is 5. The summed E-state index contributed by atoms with van der Waals surface area (Å²) in [6, 6.07) is 43.4. The molecule has 1 saturated carbocycles. The lowest BCUT2D eigenvalue weighted by atomic mass is 9.64. The number of hydrogen-bond acceptors (Lipinski definition) is 1. The van der Waals surface area contributed by atoms with Gasteiger partial charge in [-0.05, 0) is 72.9 Å². The highest BCUT2D eigenvalue weighted by atomic mass is 15.5. The van der Waals surface area contributed by atoms with E-state index in [1.165, 1.54) is 155 Å². The number of benzene rings is 5. The summed E-state index contributed by atoms with van der Waals surface area (Å²) in [6.07, 6.45) is 6.52. The van der Waals surface area contributed by atoms with Gasteiger partial charge in [-0.25, -0.2) is 0 Å². The summed E-state index contributed by atoms with van der Waals surface area (Å²) in [5.74, 6) is 3.22. The van der Waals surface area contributed by atoms with Gasteiger partial charge < -0.3 is 4.57 Å². The van der Waals surface area contributed by atoms with Gasteiger partial charge in [-0.3, -0.25) is 0 Å². The zero-order chi connectivity index (χ0) is 37.9. The highest BCUT2D eigenvalue weighted by molar-refractivity contribution is 6.22. The van der Waals surface area contributed by atoms with Crippen LogP contribution < -0.4 is 14.0 Å². The van der Waals surface area contributed by atoms with Crippen LogP contribution in [0.3, 0.4) is 0 Å². The number of para-hydroxylation sites is 3. The molecule has 16 rings (SSSR count). The Kier molecular flexibility index (Phi) is 4.61. The Hall–Kier alpha value is -6.20. The van der Waals surface area contributed by atoms with Crippen molar-refractivity contribution in [1.82, 2.24) is 9.13 Å². The van der Waals surface area contributed by atoms with Crippen LogP contribution in [0.2, 0.25) is 0 Å². The molecule has 7 aliphatic rings. The van der Waals surface area contributed by atoms with E-state index in [-0.39, 0.29) is 10.8 Å². The van der Waals surface area contributed by atoms with Crippen LogP contribution in [0, 0.1) is 0 Å². The van der Waals surface area contributed by atoms with Crippen molar-refractivity contribution in [3.63, 3.8) is 0 Å². The zero-order valence-corrected chi connectivity index (χ0v) is 33.2. The fourth-order valence-corrected chi connectivity index (χ4v) is 14.1. The molecular formula is C53H41N5+2. The van der Waals surface area contributed by atoms with Crippen molar-refractivity contribution in [3.8, 4) is 22.9 Å². The Balaban J connectivity index is 1.24. The van der Waals surface area contributed by atoms with Crippen LogP contribution in [0.4, 0.5) is 17.2 Å². The third kappa shape index (κ3) is 2.75. The van der Waals surface area contributed by atoms with Crippen molar-refractivity contribution in [3.05, 3.63) is 148 Å². The molecule has 5 aromatic carbocycles. The van der Waals surface area contributed by atoms with E-state index in [4.69, 9.17) is 0 Å². The van der Waals surface area contributed by atoms with Crippen molar-refractivity contribution < 1.29 is 9.13 Å². The molecule has 1 aliphatic carbocycles. The Morgan fingerprint density at radius 2 is 1.19 bits per heavy atom. The maximum atomic E-state index is 2.87. The number of hydrogen-bond donors (Lipinski definition) is 0. The molecule has 0 saturated heterocycles. The van der Waals surface area contributed by atoms with Crippen LogP contribution in [0.15, 0.2) is 109 Å². The highest BCUT2D eigenvalue weighted by Crippen LogP contribution is 2.67. The second-order valence-corrected chi connectivity index (χ2v) is 19.6. The van der Waals surface area contributed by atoms with Crippen LogP contribution in [0.1, 0.15) is 105 Å². The molecule has 6 aliphatic heterocycles. The maximum Gasteiger partial charge on any atom is 0.319 e. The first-order valence-electron chi connectivity index (χ1n) is 21.7. The molecule has 0 amide bonds.